The van der Waals surface area contributed by atoms with Crippen molar-refractivity contribution in [2.45, 2.75) is 57.5 Å². The molecular formula is C52H47N3Si2. The zero-order valence-corrected chi connectivity index (χ0v) is 35.7. The molecule has 1 spiro atoms. The van der Waals surface area contributed by atoms with Crippen LogP contribution in [0.2, 0.25) is 39.3 Å². The molecule has 1 aromatic heterocycles. The van der Waals surface area contributed by atoms with E-state index in [0.29, 0.717) is 17.5 Å². The van der Waals surface area contributed by atoms with E-state index in [1.165, 1.54) is 60.5 Å². The normalized spacial score (nSPS) is 15.1. The van der Waals surface area contributed by atoms with E-state index in [4.69, 9.17) is 15.0 Å². The van der Waals surface area contributed by atoms with Crippen molar-refractivity contribution in [2.24, 2.45) is 0 Å². The van der Waals surface area contributed by atoms with E-state index in [0.717, 1.165) is 35.1 Å². The predicted octanol–water partition coefficient (Wildman–Crippen LogP) is 12.1. The standard InChI is InChI=1S/C52H47N3Si2/c1-56(2,3)39-25-28-43-44-29-26-40(57(4,5)6)33-48(44)52(47(43)32-39)45-23-14-13-22-41(45)42-27-24-37(31-46(42)52)36-20-15-21-38(30-36)51-54-49(34-16-9-7-10-17-34)53-50(55-51)35-18-11-8-12-19-35/h7-12,14-21,23-33H,13,22H2,1-6H3. The third-order valence-electron chi connectivity index (χ3n) is 12.3. The molecule has 6 aromatic carbocycles. The highest BCUT2D eigenvalue weighted by atomic mass is 28.3. The smallest absolute Gasteiger partial charge is 0.164 e. The highest BCUT2D eigenvalue weighted by Gasteiger charge is 2.53. The summed E-state index contributed by atoms with van der Waals surface area (Å²) in [5.41, 5.74) is 16.4. The van der Waals surface area contributed by atoms with Crippen LogP contribution in [0, 0.1) is 0 Å². The monoisotopic (exact) mass is 769 g/mol. The molecule has 0 radical (unpaired) electrons. The van der Waals surface area contributed by atoms with Gasteiger partial charge in [0, 0.05) is 16.7 Å². The maximum absolute atomic E-state index is 5.07. The quantitative estimate of drug-likeness (QED) is 0.158. The lowest BCUT2D eigenvalue weighted by atomic mass is 9.68. The Balaban J connectivity index is 1.18. The number of hydrogen-bond acceptors (Lipinski definition) is 3. The molecule has 0 bridgehead atoms. The fourth-order valence-corrected chi connectivity index (χ4v) is 11.7. The lowest BCUT2D eigenvalue weighted by Gasteiger charge is -2.34. The van der Waals surface area contributed by atoms with Crippen LogP contribution in [0.5, 0.6) is 0 Å². The van der Waals surface area contributed by atoms with Gasteiger partial charge in [-0.15, -0.1) is 0 Å². The molecule has 3 aliphatic rings. The number of nitrogens with zero attached hydrogens (tertiary/aromatic N) is 3. The Hall–Kier alpha value is -5.76. The van der Waals surface area contributed by atoms with Gasteiger partial charge >= 0.3 is 0 Å². The van der Waals surface area contributed by atoms with E-state index in [1.54, 1.807) is 0 Å². The zero-order chi connectivity index (χ0) is 39.1. The molecule has 0 aliphatic heterocycles. The SMILES string of the molecule is C[Si](C)(C)c1ccc2c(c1)C1(C3=C(CCC=C3)c3ccc(-c4cccc(-c5nc(-c6ccccc6)nc(-c6ccccc6)n5)c4)cc31)c1cc([Si](C)(C)C)ccc1-2. The first-order valence-corrected chi connectivity index (χ1v) is 27.3. The first kappa shape index (κ1) is 35.6. The van der Waals surface area contributed by atoms with Crippen LogP contribution in [0.4, 0.5) is 0 Å². The molecule has 3 nitrogen and oxygen atoms in total. The molecule has 3 aliphatic carbocycles. The van der Waals surface area contributed by atoms with Crippen molar-refractivity contribution in [1.29, 1.82) is 0 Å². The fourth-order valence-electron chi connectivity index (χ4n) is 9.35. The first-order chi connectivity index (χ1) is 27.5. The van der Waals surface area contributed by atoms with Gasteiger partial charge in [-0.3, -0.25) is 0 Å². The van der Waals surface area contributed by atoms with Crippen LogP contribution in [0.25, 0.3) is 62.0 Å². The van der Waals surface area contributed by atoms with E-state index >= 15 is 0 Å². The van der Waals surface area contributed by atoms with Gasteiger partial charge in [-0.05, 0) is 80.6 Å². The van der Waals surface area contributed by atoms with E-state index in [9.17, 15) is 0 Å². The molecule has 1 heterocycles. The van der Waals surface area contributed by atoms with E-state index in [2.05, 4.69) is 155 Å². The van der Waals surface area contributed by atoms with Crippen molar-refractivity contribution in [2.75, 3.05) is 0 Å². The molecule has 5 heteroatoms. The number of hydrogen-bond donors (Lipinski definition) is 0. The van der Waals surface area contributed by atoms with Crippen molar-refractivity contribution >= 4 is 32.1 Å². The minimum absolute atomic E-state index is 0.366. The van der Waals surface area contributed by atoms with Crippen molar-refractivity contribution in [3.8, 4) is 56.4 Å². The maximum Gasteiger partial charge on any atom is 0.164 e. The summed E-state index contributed by atoms with van der Waals surface area (Å²) < 4.78 is 0. The van der Waals surface area contributed by atoms with Crippen LogP contribution in [0.1, 0.15) is 35.1 Å². The second-order valence-corrected chi connectivity index (χ2v) is 28.1. The third-order valence-corrected chi connectivity index (χ3v) is 16.4. The molecule has 57 heavy (non-hydrogen) atoms. The molecule has 0 fully saturated rings. The average Bonchev–Trinajstić information content (AvgIpc) is 3.70. The Labute approximate surface area is 339 Å². The second kappa shape index (κ2) is 13.2. The van der Waals surface area contributed by atoms with Crippen molar-refractivity contribution in [1.82, 2.24) is 15.0 Å². The van der Waals surface area contributed by atoms with Crippen LogP contribution in [-0.2, 0) is 5.41 Å². The number of allylic oxidation sites excluding steroid dienone is 4. The molecular weight excluding hydrogens is 723 g/mol. The molecule has 278 valence electrons. The minimum atomic E-state index is -1.62. The lowest BCUT2D eigenvalue weighted by molar-refractivity contribution is 0.782. The zero-order valence-electron chi connectivity index (χ0n) is 33.7. The summed E-state index contributed by atoms with van der Waals surface area (Å²) in [7, 11) is -3.24. The molecule has 0 atom stereocenters. The second-order valence-electron chi connectivity index (χ2n) is 18.0. The number of benzene rings is 6. The average molecular weight is 770 g/mol. The van der Waals surface area contributed by atoms with Gasteiger partial charge in [0.25, 0.3) is 0 Å². The fraction of sp³-hybridized carbons (Fsp3) is 0.173. The topological polar surface area (TPSA) is 38.7 Å². The van der Waals surface area contributed by atoms with Gasteiger partial charge in [-0.1, -0.05) is 189 Å². The lowest BCUT2D eigenvalue weighted by Crippen LogP contribution is -2.40. The summed E-state index contributed by atoms with van der Waals surface area (Å²) in [4.78, 5) is 15.1. The highest BCUT2D eigenvalue weighted by Crippen LogP contribution is 2.63. The van der Waals surface area contributed by atoms with Gasteiger partial charge in [0.2, 0.25) is 0 Å². The van der Waals surface area contributed by atoms with Gasteiger partial charge in [-0.25, -0.2) is 15.0 Å². The molecule has 0 amide bonds. The molecule has 0 saturated heterocycles. The minimum Gasteiger partial charge on any atom is -0.208 e. The summed E-state index contributed by atoms with van der Waals surface area (Å²) in [5, 5.41) is 3.03. The largest absolute Gasteiger partial charge is 0.208 e. The van der Waals surface area contributed by atoms with Crippen LogP contribution < -0.4 is 10.4 Å². The van der Waals surface area contributed by atoms with Crippen molar-refractivity contribution < 1.29 is 0 Å². The Morgan fingerprint density at radius 2 is 0.912 bits per heavy atom. The molecule has 0 unspecified atom stereocenters. The molecule has 0 N–H and O–H groups in total. The van der Waals surface area contributed by atoms with Crippen LogP contribution in [0.15, 0.2) is 157 Å². The summed E-state index contributed by atoms with van der Waals surface area (Å²) >= 11 is 0. The van der Waals surface area contributed by atoms with Crippen LogP contribution >= 0.6 is 0 Å². The van der Waals surface area contributed by atoms with E-state index in [-0.39, 0.29) is 5.41 Å². The molecule has 10 rings (SSSR count). The predicted molar refractivity (Wildman–Crippen MR) is 245 cm³/mol. The summed E-state index contributed by atoms with van der Waals surface area (Å²) in [6.07, 6.45) is 7.04. The third kappa shape index (κ3) is 5.78. The Morgan fingerprint density at radius 3 is 1.47 bits per heavy atom. The number of aromatic nitrogens is 3. The number of fused-ring (bicyclic) bond motifs is 9. The first-order valence-electron chi connectivity index (χ1n) is 20.3. The van der Waals surface area contributed by atoms with Gasteiger partial charge in [0.05, 0.1) is 21.6 Å². The summed E-state index contributed by atoms with van der Waals surface area (Å²) in [6, 6.07) is 51.5. The van der Waals surface area contributed by atoms with Gasteiger partial charge in [-0.2, -0.15) is 0 Å². The maximum atomic E-state index is 5.07. The van der Waals surface area contributed by atoms with Crippen molar-refractivity contribution in [3.63, 3.8) is 0 Å². The molecule has 0 saturated carbocycles. The molecule has 7 aromatic rings. The summed E-state index contributed by atoms with van der Waals surface area (Å²) in [6.45, 7) is 14.9. The highest BCUT2D eigenvalue weighted by molar-refractivity contribution is 6.89. The summed E-state index contributed by atoms with van der Waals surface area (Å²) in [5.74, 6) is 2.01. The number of rotatable bonds is 6. The van der Waals surface area contributed by atoms with Gasteiger partial charge < -0.3 is 0 Å². The van der Waals surface area contributed by atoms with Gasteiger partial charge in [0.15, 0.2) is 17.5 Å². The van der Waals surface area contributed by atoms with E-state index < -0.39 is 16.1 Å². The van der Waals surface area contributed by atoms with Gasteiger partial charge in [0.1, 0.15) is 0 Å². The Morgan fingerprint density at radius 1 is 0.439 bits per heavy atom. The van der Waals surface area contributed by atoms with E-state index in [1.807, 2.05) is 36.4 Å². The van der Waals surface area contributed by atoms with Crippen LogP contribution in [-0.4, -0.2) is 31.1 Å². The Bertz CT molecular complexity index is 2680. The van der Waals surface area contributed by atoms with Crippen LogP contribution in [0.3, 0.4) is 0 Å². The Kier molecular flexibility index (Phi) is 8.23. The van der Waals surface area contributed by atoms with Crippen molar-refractivity contribution in [3.05, 3.63) is 180 Å².